The van der Waals surface area contributed by atoms with Gasteiger partial charge >= 0.3 is 6.18 Å². The maximum absolute atomic E-state index is 13.2. The number of carbonyl (C=O) groups is 2. The van der Waals surface area contributed by atoms with Crippen LogP contribution in [0.3, 0.4) is 0 Å². The van der Waals surface area contributed by atoms with Crippen molar-refractivity contribution in [2.24, 2.45) is 17.8 Å². The number of hydrogen-bond donors (Lipinski definition) is 5. The van der Waals surface area contributed by atoms with Crippen LogP contribution in [0.1, 0.15) is 144 Å². The summed E-state index contributed by atoms with van der Waals surface area (Å²) < 4.78 is 55.7. The van der Waals surface area contributed by atoms with Crippen LogP contribution >= 0.6 is 0 Å². The fourth-order valence-electron chi connectivity index (χ4n) is 7.86. The van der Waals surface area contributed by atoms with Gasteiger partial charge in [-0.3, -0.25) is 9.59 Å². The molecule has 3 aliphatic rings. The molecule has 0 bridgehead atoms. The summed E-state index contributed by atoms with van der Waals surface area (Å²) in [5.41, 5.74) is 0.300. The third-order valence-corrected chi connectivity index (χ3v) is 12.2. The van der Waals surface area contributed by atoms with E-state index in [1.165, 1.54) is 12.7 Å². The molecule has 64 heavy (non-hydrogen) atoms. The number of ether oxygens (including phenoxy) is 3. The topological polar surface area (TPSA) is 155 Å². The molecule has 1 amide bonds. The van der Waals surface area contributed by atoms with Crippen molar-refractivity contribution in [2.75, 3.05) is 27.9 Å². The second-order valence-corrected chi connectivity index (χ2v) is 18.1. The van der Waals surface area contributed by atoms with Gasteiger partial charge in [0.2, 0.25) is 5.91 Å². The molecule has 0 radical (unpaired) electrons. The molecule has 368 valence electrons. The highest BCUT2D eigenvalue weighted by molar-refractivity contribution is 5.78. The summed E-state index contributed by atoms with van der Waals surface area (Å²) >= 11 is 0. The first-order valence-electron chi connectivity index (χ1n) is 23.4. The van der Waals surface area contributed by atoms with Gasteiger partial charge in [-0.15, -0.1) is 0 Å². The largest absolute Gasteiger partial charge is 0.417 e. The Kier molecular flexibility index (Phi) is 29.5. The zero-order chi connectivity index (χ0) is 48.3. The number of allylic oxidation sites excluding steroid dienone is 5. The van der Waals surface area contributed by atoms with E-state index < -0.39 is 36.2 Å². The first-order valence-corrected chi connectivity index (χ1v) is 23.4. The number of aliphatic hydroxyl groups is 4. The number of alkyl halides is 3. The summed E-state index contributed by atoms with van der Waals surface area (Å²) in [6.45, 7) is 12.0. The van der Waals surface area contributed by atoms with Crippen molar-refractivity contribution >= 4 is 11.7 Å². The van der Waals surface area contributed by atoms with Crippen LogP contribution < -0.4 is 5.32 Å². The average Bonchev–Trinajstić information content (AvgIpc) is 3.24. The standard InChI is InChI=1S/C18H29F3O3.C17H28O3.C16H27NO3/c1-13-9-11-17(23,18(19,20)21)10-7-5-4-6-8-15(24-3)16(22)14(2)12-13;1-13-10-11-15(18)8-6-4-5-7-9-16(20-3)17(19)14(2)12-13;1-12-10-13(2)16(19)14(20-3)8-6-4-5-7-9-15(18)17-11-12/h6,8,12,14-16,22-23H,4-5,7,9-11H2,1-3H3;7,9,12,14,16-17,19H,4-6,8,10-11H2,1-3H3;6,8,10,13-14,16,19H,4-5,7,9,11H2,1-3H3,(H,17,18)/b8-6+,13-12-;9-7+,13-12-;8-6+,12-10-/t14-,15+,16+,17?;14-,16+,17+;13-,14+,16+/m111/s1. The second-order valence-electron chi connectivity index (χ2n) is 18.1. The number of carbonyl (C=O) groups excluding carboxylic acids is 2. The lowest BCUT2D eigenvalue weighted by Gasteiger charge is -2.31. The minimum absolute atomic E-state index is 0.0163. The molecular formula is C51H84F3NO9. The Morgan fingerprint density at radius 2 is 0.984 bits per heavy atom. The number of nitrogens with one attached hydrogen (secondary N) is 1. The Bertz CT molecular complexity index is 1450. The normalized spacial score (nSPS) is 35.9. The van der Waals surface area contributed by atoms with Crippen LogP contribution in [0.25, 0.3) is 0 Å². The highest BCUT2D eigenvalue weighted by atomic mass is 19.4. The Balaban J connectivity index is 0.000000483. The molecule has 0 saturated heterocycles. The predicted molar refractivity (Wildman–Crippen MR) is 249 cm³/mol. The highest BCUT2D eigenvalue weighted by Gasteiger charge is 2.52. The van der Waals surface area contributed by atoms with E-state index in [0.717, 1.165) is 56.1 Å². The number of halogens is 3. The number of rotatable bonds is 3. The van der Waals surface area contributed by atoms with E-state index in [2.05, 4.69) is 17.5 Å². The van der Waals surface area contributed by atoms with Gasteiger partial charge in [0, 0.05) is 64.9 Å². The zero-order valence-electron chi connectivity index (χ0n) is 40.4. The van der Waals surface area contributed by atoms with E-state index in [0.29, 0.717) is 50.9 Å². The van der Waals surface area contributed by atoms with Crippen LogP contribution in [0.2, 0.25) is 0 Å². The fourth-order valence-corrected chi connectivity index (χ4v) is 7.86. The SMILES string of the molecule is CO[C@H]1/C=C/CCCCC(=O)CC/C(C)=C\[C@@H](C)[C@@H]1O.CO[C@H]1/C=C/CCCCC(=O)NC/C(C)=C\[C@@H](C)[C@@H]1O.CO[C@H]1/C=C/CCCCC(O)(C(F)(F)F)CC/C(C)=C\[C@@H](C)[C@@H]1O. The lowest BCUT2D eigenvalue weighted by molar-refractivity contribution is -0.265. The molecule has 5 N–H and O–H groups in total. The Hall–Kier alpha value is -2.91. The average molecular weight is 912 g/mol. The number of amides is 1. The molecule has 10 atom stereocenters. The number of hydrogen-bond acceptors (Lipinski definition) is 9. The van der Waals surface area contributed by atoms with E-state index in [9.17, 15) is 43.2 Å². The fraction of sp³-hybridized carbons (Fsp3) is 0.725. The maximum atomic E-state index is 13.2. The van der Waals surface area contributed by atoms with Gasteiger partial charge in [-0.1, -0.05) is 92.2 Å². The molecule has 1 unspecified atom stereocenters. The third kappa shape index (κ3) is 23.5. The minimum Gasteiger partial charge on any atom is -0.389 e. The van der Waals surface area contributed by atoms with Gasteiger partial charge in [0.05, 0.1) is 18.3 Å². The summed E-state index contributed by atoms with van der Waals surface area (Å²) in [4.78, 5) is 23.3. The third-order valence-electron chi connectivity index (χ3n) is 12.2. The van der Waals surface area contributed by atoms with Crippen molar-refractivity contribution in [1.82, 2.24) is 5.32 Å². The van der Waals surface area contributed by atoms with Crippen molar-refractivity contribution in [3.05, 3.63) is 71.4 Å². The van der Waals surface area contributed by atoms with Crippen LogP contribution in [0.15, 0.2) is 71.4 Å². The van der Waals surface area contributed by atoms with Gasteiger partial charge < -0.3 is 40.0 Å². The molecule has 0 aromatic carbocycles. The molecular weight excluding hydrogens is 828 g/mol. The first kappa shape index (κ1) is 59.1. The summed E-state index contributed by atoms with van der Waals surface area (Å²) in [6.07, 6.45) is 19.1. The van der Waals surface area contributed by atoms with Crippen molar-refractivity contribution in [1.29, 1.82) is 0 Å². The van der Waals surface area contributed by atoms with Gasteiger partial charge in [0.15, 0.2) is 5.60 Å². The molecule has 1 heterocycles. The summed E-state index contributed by atoms with van der Waals surface area (Å²) in [6, 6.07) is 0. The van der Waals surface area contributed by atoms with Gasteiger partial charge in [0.1, 0.15) is 24.1 Å². The molecule has 0 fully saturated rings. The molecule has 0 saturated carbocycles. The lowest BCUT2D eigenvalue weighted by atomic mass is 9.87. The zero-order valence-corrected chi connectivity index (χ0v) is 40.4. The summed E-state index contributed by atoms with van der Waals surface area (Å²) in [5.74, 6) is 0.178. The Morgan fingerprint density at radius 3 is 1.42 bits per heavy atom. The van der Waals surface area contributed by atoms with Gasteiger partial charge in [0.25, 0.3) is 0 Å². The van der Waals surface area contributed by atoms with Gasteiger partial charge in [-0.05, 0) is 104 Å². The molecule has 0 aromatic rings. The number of aliphatic hydroxyl groups excluding tert-OH is 3. The maximum Gasteiger partial charge on any atom is 0.417 e. The Morgan fingerprint density at radius 1 is 0.578 bits per heavy atom. The molecule has 0 aromatic heterocycles. The molecule has 10 nitrogen and oxygen atoms in total. The van der Waals surface area contributed by atoms with Crippen molar-refractivity contribution in [3.8, 4) is 0 Å². The summed E-state index contributed by atoms with van der Waals surface area (Å²) in [5, 5.41) is 44.0. The molecule has 2 aliphatic carbocycles. The van der Waals surface area contributed by atoms with Crippen LogP contribution in [0.5, 0.6) is 0 Å². The highest BCUT2D eigenvalue weighted by Crippen LogP contribution is 2.39. The van der Waals surface area contributed by atoms with Crippen LogP contribution in [0.4, 0.5) is 13.2 Å². The molecule has 0 spiro atoms. The number of ketones is 1. The van der Waals surface area contributed by atoms with Crippen LogP contribution in [-0.4, -0.2) is 108 Å². The van der Waals surface area contributed by atoms with Crippen molar-refractivity contribution in [2.45, 2.75) is 193 Å². The second kappa shape index (κ2) is 31.9. The number of methoxy groups -OCH3 is 3. The monoisotopic (exact) mass is 912 g/mol. The van der Waals surface area contributed by atoms with E-state index in [1.54, 1.807) is 40.2 Å². The smallest absolute Gasteiger partial charge is 0.389 e. The molecule has 1 aliphatic heterocycles. The number of Topliss-reactive ketones (excluding diaryl/α,β-unsaturated/α-hetero) is 1. The lowest BCUT2D eigenvalue weighted by Crippen LogP contribution is -2.45. The van der Waals surface area contributed by atoms with Crippen LogP contribution in [0, 0.1) is 17.8 Å². The van der Waals surface area contributed by atoms with Gasteiger partial charge in [-0.25, -0.2) is 0 Å². The first-order chi connectivity index (χ1) is 30.2. The summed E-state index contributed by atoms with van der Waals surface area (Å²) in [7, 11) is 4.77. The van der Waals surface area contributed by atoms with E-state index >= 15 is 0 Å². The quantitative estimate of drug-likeness (QED) is 0.174. The molecule has 13 heteroatoms. The van der Waals surface area contributed by atoms with Gasteiger partial charge in [-0.2, -0.15) is 13.2 Å². The van der Waals surface area contributed by atoms with E-state index in [1.807, 2.05) is 58.1 Å². The Labute approximate surface area is 383 Å². The molecule has 3 rings (SSSR count). The van der Waals surface area contributed by atoms with E-state index in [4.69, 9.17) is 14.2 Å². The van der Waals surface area contributed by atoms with E-state index in [-0.39, 0.29) is 55.1 Å². The predicted octanol–water partition coefficient (Wildman–Crippen LogP) is 9.76. The van der Waals surface area contributed by atoms with Crippen molar-refractivity contribution in [3.63, 3.8) is 0 Å². The van der Waals surface area contributed by atoms with Crippen LogP contribution in [-0.2, 0) is 23.8 Å². The minimum atomic E-state index is -4.63. The van der Waals surface area contributed by atoms with Crippen molar-refractivity contribution < 1.29 is 57.4 Å².